The summed E-state index contributed by atoms with van der Waals surface area (Å²) >= 11 is 0. The van der Waals surface area contributed by atoms with Crippen LogP contribution in [0.3, 0.4) is 0 Å². The molecule has 1 atom stereocenters. The molecule has 0 saturated carbocycles. The number of nitrogens with one attached hydrogen (secondary N) is 4. The number of carbonyl (C=O) groups excluding carboxylic acids is 2. The zero-order valence-corrected chi connectivity index (χ0v) is 23.0. The number of nitrogens with zero attached hydrogens (tertiary/aromatic N) is 3. The Balaban J connectivity index is 0.00000280. The molecule has 1 aromatic carbocycles. The van der Waals surface area contributed by atoms with Gasteiger partial charge in [0.25, 0.3) is 5.91 Å². The minimum absolute atomic E-state index is 0. The number of carbonyl (C=O) groups is 2. The van der Waals surface area contributed by atoms with Crippen LogP contribution in [0.25, 0.3) is 0 Å². The molecule has 1 unspecified atom stereocenters. The number of hydrogen-bond donors (Lipinski definition) is 4. The molecule has 3 aromatic rings. The molecule has 0 aliphatic heterocycles. The zero-order chi connectivity index (χ0) is 27.4. The number of benzene rings is 1. The van der Waals surface area contributed by atoms with E-state index < -0.39 is 0 Å². The van der Waals surface area contributed by atoms with Crippen LogP contribution in [0.1, 0.15) is 78.0 Å². The molecule has 38 heavy (non-hydrogen) atoms. The van der Waals surface area contributed by atoms with Gasteiger partial charge in [-0.3, -0.25) is 14.6 Å². The Bertz CT molecular complexity index is 1340. The lowest BCUT2D eigenvalue weighted by Crippen LogP contribution is -2.37. The van der Waals surface area contributed by atoms with Crippen LogP contribution < -0.4 is 21.3 Å². The Morgan fingerprint density at radius 2 is 1.79 bits per heavy atom. The van der Waals surface area contributed by atoms with E-state index in [1.807, 2.05) is 32.0 Å². The van der Waals surface area contributed by atoms with Gasteiger partial charge in [0.15, 0.2) is 0 Å². The van der Waals surface area contributed by atoms with E-state index in [-0.39, 0.29) is 32.2 Å². The number of fused-ring (bicyclic) bond motifs is 1. The van der Waals surface area contributed by atoms with E-state index in [2.05, 4.69) is 69.1 Å². The van der Waals surface area contributed by atoms with Gasteiger partial charge in [-0.2, -0.15) is 4.98 Å². The number of aryl methyl sites for hydroxylation is 1. The Kier molecular flexibility index (Phi) is 7.94. The number of aromatic nitrogens is 3. The van der Waals surface area contributed by atoms with Gasteiger partial charge in [0.2, 0.25) is 11.9 Å². The van der Waals surface area contributed by atoms with Crippen molar-refractivity contribution in [2.45, 2.75) is 78.3 Å². The molecule has 0 spiro atoms. The number of anilines is 4. The van der Waals surface area contributed by atoms with E-state index in [1.54, 1.807) is 13.1 Å². The van der Waals surface area contributed by atoms with E-state index in [9.17, 15) is 9.59 Å². The highest BCUT2D eigenvalue weighted by molar-refractivity contribution is 5.99. The van der Waals surface area contributed by atoms with Gasteiger partial charge in [-0.05, 0) is 68.5 Å². The minimum Gasteiger partial charge on any atom is -0.353 e. The van der Waals surface area contributed by atoms with Crippen LogP contribution in [-0.4, -0.2) is 38.8 Å². The summed E-state index contributed by atoms with van der Waals surface area (Å²) in [5, 5.41) is 12.5. The predicted octanol–water partition coefficient (Wildman–Crippen LogP) is 5.28. The first kappa shape index (κ1) is 27.0. The van der Waals surface area contributed by atoms with Crippen molar-refractivity contribution in [3.05, 3.63) is 65.1 Å². The molecule has 204 valence electrons. The second kappa shape index (κ2) is 11.2. The Morgan fingerprint density at radius 3 is 2.50 bits per heavy atom. The fourth-order valence-electron chi connectivity index (χ4n) is 4.47. The summed E-state index contributed by atoms with van der Waals surface area (Å²) in [5.74, 6) is 0.542. The van der Waals surface area contributed by atoms with Crippen LogP contribution in [0.15, 0.2) is 42.7 Å². The molecular weight excluding hydrogens is 478 g/mol. The maximum Gasteiger partial charge on any atom is 0.256 e. The molecule has 4 N–H and O–H groups in total. The van der Waals surface area contributed by atoms with Crippen molar-refractivity contribution in [2.75, 3.05) is 10.6 Å². The van der Waals surface area contributed by atoms with Crippen molar-refractivity contribution in [1.29, 1.82) is 0 Å². The van der Waals surface area contributed by atoms with Crippen LogP contribution in [0, 0.1) is 0 Å². The van der Waals surface area contributed by atoms with E-state index in [0.29, 0.717) is 17.3 Å². The van der Waals surface area contributed by atoms with Crippen LogP contribution in [0.5, 0.6) is 0 Å². The summed E-state index contributed by atoms with van der Waals surface area (Å²) < 4.78 is 0. The van der Waals surface area contributed by atoms with E-state index in [1.165, 1.54) is 17.3 Å². The third kappa shape index (κ3) is 6.85. The molecule has 0 bridgehead atoms. The molecule has 0 saturated heterocycles. The molecule has 0 radical (unpaired) electrons. The third-order valence-electron chi connectivity index (χ3n) is 6.34. The summed E-state index contributed by atoms with van der Waals surface area (Å²) in [6.45, 7) is 11.7. The lowest BCUT2D eigenvalue weighted by molar-refractivity contribution is -0.119. The van der Waals surface area contributed by atoms with Crippen molar-refractivity contribution in [1.82, 2.24) is 25.6 Å². The number of amides is 2. The normalized spacial score (nSPS) is 15.0. The fourth-order valence-corrected chi connectivity index (χ4v) is 4.47. The van der Waals surface area contributed by atoms with Gasteiger partial charge in [-0.15, -0.1) is 0 Å². The lowest BCUT2D eigenvalue weighted by atomic mass is 9.88. The van der Waals surface area contributed by atoms with Crippen LogP contribution >= 0.6 is 0 Å². The smallest absolute Gasteiger partial charge is 0.256 e. The molecular formula is C29H41N7O2. The molecule has 2 aromatic heterocycles. The standard InChI is InChI=1S/C29H37N7O2.2H2/c1-17(2)32-27(38)24-16-31-28(36-26(24)34-23-11-12-30-25(15-23)29(4,5)6)35-22-10-8-19-13-21(33-18(3)37)9-7-20(19)14-22;;/h8,10-12,14-17,21H,7,9,13H2,1-6H3,(H,32,38)(H,33,37)(H2,30,31,34,35,36);2*1H. The van der Waals surface area contributed by atoms with Gasteiger partial charge >= 0.3 is 0 Å². The van der Waals surface area contributed by atoms with E-state index in [0.717, 1.165) is 36.3 Å². The molecule has 2 amide bonds. The molecule has 1 aliphatic rings. The van der Waals surface area contributed by atoms with Gasteiger partial charge in [-0.1, -0.05) is 26.8 Å². The summed E-state index contributed by atoms with van der Waals surface area (Å²) in [7, 11) is 0. The zero-order valence-electron chi connectivity index (χ0n) is 23.0. The van der Waals surface area contributed by atoms with Crippen molar-refractivity contribution in [3.8, 4) is 0 Å². The average molecular weight is 520 g/mol. The van der Waals surface area contributed by atoms with E-state index >= 15 is 0 Å². The molecule has 4 rings (SSSR count). The summed E-state index contributed by atoms with van der Waals surface area (Å²) in [4.78, 5) is 38.0. The monoisotopic (exact) mass is 519 g/mol. The summed E-state index contributed by atoms with van der Waals surface area (Å²) in [5.41, 5.74) is 5.29. The van der Waals surface area contributed by atoms with Gasteiger partial charge in [0, 0.05) is 56.7 Å². The Hall–Kier alpha value is -4.01. The average Bonchev–Trinajstić information content (AvgIpc) is 2.83. The summed E-state index contributed by atoms with van der Waals surface area (Å²) in [6.07, 6.45) is 5.90. The van der Waals surface area contributed by atoms with Crippen LogP contribution in [0.2, 0.25) is 0 Å². The van der Waals surface area contributed by atoms with Gasteiger partial charge in [-0.25, -0.2) is 4.98 Å². The van der Waals surface area contributed by atoms with Crippen molar-refractivity contribution in [2.24, 2.45) is 0 Å². The molecule has 9 heteroatoms. The fraction of sp³-hybridized carbons (Fsp3) is 0.414. The molecule has 0 fully saturated rings. The third-order valence-corrected chi connectivity index (χ3v) is 6.34. The topological polar surface area (TPSA) is 121 Å². The number of rotatable bonds is 7. The van der Waals surface area contributed by atoms with Gasteiger partial charge in [0.05, 0.1) is 0 Å². The quantitative estimate of drug-likeness (QED) is 0.335. The Labute approximate surface area is 227 Å². The highest BCUT2D eigenvalue weighted by Gasteiger charge is 2.21. The first-order valence-electron chi connectivity index (χ1n) is 13.1. The minimum atomic E-state index is -0.248. The van der Waals surface area contributed by atoms with Crippen LogP contribution in [0.4, 0.5) is 23.1 Å². The maximum absolute atomic E-state index is 12.9. The van der Waals surface area contributed by atoms with Gasteiger partial charge in [0.1, 0.15) is 11.4 Å². The van der Waals surface area contributed by atoms with Crippen molar-refractivity contribution < 1.29 is 12.4 Å². The first-order valence-corrected chi connectivity index (χ1v) is 13.1. The largest absolute Gasteiger partial charge is 0.353 e. The second-order valence-corrected chi connectivity index (χ2v) is 11.1. The number of hydrogen-bond acceptors (Lipinski definition) is 7. The SMILES string of the molecule is CC(=O)NC1CCc2cc(Nc3ncc(C(=O)NC(C)C)c(Nc4ccnc(C(C)(C)C)c4)n3)ccc2C1.[HH].[HH]. The lowest BCUT2D eigenvalue weighted by Gasteiger charge is -2.25. The molecule has 9 nitrogen and oxygen atoms in total. The Morgan fingerprint density at radius 1 is 1.03 bits per heavy atom. The van der Waals surface area contributed by atoms with Gasteiger partial charge < -0.3 is 21.3 Å². The highest BCUT2D eigenvalue weighted by atomic mass is 16.2. The van der Waals surface area contributed by atoms with Crippen molar-refractivity contribution >= 4 is 35.0 Å². The second-order valence-electron chi connectivity index (χ2n) is 11.1. The van der Waals surface area contributed by atoms with Crippen molar-refractivity contribution in [3.63, 3.8) is 0 Å². The first-order chi connectivity index (χ1) is 18.0. The maximum atomic E-state index is 12.9. The molecule has 1 aliphatic carbocycles. The van der Waals surface area contributed by atoms with E-state index in [4.69, 9.17) is 0 Å². The highest BCUT2D eigenvalue weighted by Crippen LogP contribution is 2.28. The molecule has 2 heterocycles. The van der Waals surface area contributed by atoms with Crippen LogP contribution in [-0.2, 0) is 23.1 Å². The summed E-state index contributed by atoms with van der Waals surface area (Å²) in [6, 6.07) is 10.1. The predicted molar refractivity (Wildman–Crippen MR) is 154 cm³/mol. The number of pyridine rings is 1.